The van der Waals surface area contributed by atoms with E-state index in [2.05, 4.69) is 35.7 Å². The molecule has 356 valence electrons. The molecule has 4 aliphatic rings. The molecule has 20 heteroatoms. The first kappa shape index (κ1) is 47.3. The van der Waals surface area contributed by atoms with Crippen molar-refractivity contribution in [2.24, 2.45) is 0 Å². The van der Waals surface area contributed by atoms with Crippen LogP contribution in [0.1, 0.15) is 88.1 Å². The first-order valence-corrected chi connectivity index (χ1v) is 23.1. The number of ether oxygens (including phenoxy) is 4. The maximum absolute atomic E-state index is 13.6. The molecule has 0 bridgehead atoms. The van der Waals surface area contributed by atoms with E-state index in [1.165, 1.54) is 6.92 Å². The number of carbonyl (C=O) groups is 5. The molecule has 67 heavy (non-hydrogen) atoms. The van der Waals surface area contributed by atoms with Crippen LogP contribution in [0.2, 0.25) is 0 Å². The Labute approximate surface area is 387 Å². The van der Waals surface area contributed by atoms with Crippen LogP contribution in [0.15, 0.2) is 47.5 Å². The molecule has 3 N–H and O–H groups in total. The van der Waals surface area contributed by atoms with Gasteiger partial charge in [-0.25, -0.2) is 9.97 Å². The minimum absolute atomic E-state index is 0.00614. The third-order valence-electron chi connectivity index (χ3n) is 12.7. The fraction of sp³-hybridized carbons (Fsp3) is 0.511. The molecule has 3 aromatic heterocycles. The van der Waals surface area contributed by atoms with Crippen LogP contribution in [-0.4, -0.2) is 157 Å². The lowest BCUT2D eigenvalue weighted by atomic mass is 10.0. The average molecular weight is 923 g/mol. The Morgan fingerprint density at radius 2 is 1.51 bits per heavy atom. The summed E-state index contributed by atoms with van der Waals surface area (Å²) in [6.07, 6.45) is 7.52. The number of benzene rings is 1. The first-order chi connectivity index (χ1) is 32.6. The Balaban J connectivity index is 0.656. The van der Waals surface area contributed by atoms with E-state index < -0.39 is 29.7 Å². The van der Waals surface area contributed by atoms with E-state index in [0.29, 0.717) is 93.5 Å². The number of imide groups is 2. The number of fused-ring (bicyclic) bond motifs is 2. The number of aromatic nitrogens is 4. The summed E-state index contributed by atoms with van der Waals surface area (Å²) < 4.78 is 24.4. The lowest BCUT2D eigenvalue weighted by Crippen LogP contribution is -2.54. The average Bonchev–Trinajstić information content (AvgIpc) is 3.94. The number of piperidine rings is 1. The zero-order valence-electron chi connectivity index (χ0n) is 38.1. The fourth-order valence-electron chi connectivity index (χ4n) is 9.18. The van der Waals surface area contributed by atoms with Crippen molar-refractivity contribution in [2.75, 3.05) is 108 Å². The molecule has 1 aromatic carbocycles. The number of pyridine rings is 2. The minimum atomic E-state index is -1.02. The van der Waals surface area contributed by atoms with E-state index in [1.807, 2.05) is 18.3 Å². The Morgan fingerprint density at radius 1 is 0.806 bits per heavy atom. The summed E-state index contributed by atoms with van der Waals surface area (Å²) in [5, 5.41) is 9.26. The van der Waals surface area contributed by atoms with Crippen molar-refractivity contribution >= 4 is 63.6 Å². The van der Waals surface area contributed by atoms with Gasteiger partial charge in [-0.2, -0.15) is 4.98 Å². The predicted molar refractivity (Wildman–Crippen MR) is 247 cm³/mol. The summed E-state index contributed by atoms with van der Waals surface area (Å²) in [6.45, 7) is 11.5. The summed E-state index contributed by atoms with van der Waals surface area (Å²) in [4.78, 5) is 95.8. The van der Waals surface area contributed by atoms with E-state index in [9.17, 15) is 28.8 Å². The van der Waals surface area contributed by atoms with Crippen LogP contribution >= 0.6 is 0 Å². The summed E-state index contributed by atoms with van der Waals surface area (Å²) in [5.74, 6) is -1.49. The number of nitrogens with one attached hydrogen (secondary N) is 3. The van der Waals surface area contributed by atoms with Crippen molar-refractivity contribution in [2.45, 2.75) is 64.5 Å². The summed E-state index contributed by atoms with van der Waals surface area (Å²) in [7, 11) is 0. The van der Waals surface area contributed by atoms with Gasteiger partial charge in [0.15, 0.2) is 5.78 Å². The second-order valence-corrected chi connectivity index (χ2v) is 17.0. The van der Waals surface area contributed by atoms with Crippen molar-refractivity contribution < 1.29 is 42.9 Å². The molecule has 8 rings (SSSR count). The van der Waals surface area contributed by atoms with Gasteiger partial charge in [-0.05, 0) is 62.9 Å². The molecule has 1 saturated carbocycles. The lowest BCUT2D eigenvalue weighted by molar-refractivity contribution is -0.136. The molecule has 0 radical (unpaired) electrons. The van der Waals surface area contributed by atoms with E-state index in [-0.39, 0.29) is 46.9 Å². The second kappa shape index (κ2) is 22.1. The molecule has 1 aliphatic carbocycles. The molecule has 3 aliphatic heterocycles. The van der Waals surface area contributed by atoms with Crippen LogP contribution < -0.4 is 26.4 Å². The van der Waals surface area contributed by atoms with Crippen molar-refractivity contribution in [1.82, 2.24) is 34.6 Å². The van der Waals surface area contributed by atoms with E-state index in [0.717, 1.165) is 69.0 Å². The normalized spacial score (nSPS) is 18.0. The number of aryl methyl sites for hydroxylation is 1. The van der Waals surface area contributed by atoms with Gasteiger partial charge in [-0.3, -0.25) is 48.5 Å². The number of nitrogens with zero attached hydrogens (tertiary/aromatic N) is 7. The van der Waals surface area contributed by atoms with Crippen molar-refractivity contribution in [3.05, 3.63) is 75.3 Å². The smallest absolute Gasteiger partial charge is 0.264 e. The molecular formula is C47H58N10O10. The van der Waals surface area contributed by atoms with Gasteiger partial charge in [-0.15, -0.1) is 0 Å². The Bertz CT molecular complexity index is 2520. The zero-order valence-corrected chi connectivity index (χ0v) is 38.1. The zero-order chi connectivity index (χ0) is 46.9. The van der Waals surface area contributed by atoms with Crippen molar-refractivity contribution in [3.63, 3.8) is 0 Å². The summed E-state index contributed by atoms with van der Waals surface area (Å²) in [6, 6.07) is 7.85. The lowest BCUT2D eigenvalue weighted by Gasteiger charge is -2.35. The molecule has 4 aromatic rings. The fourth-order valence-corrected chi connectivity index (χ4v) is 9.18. The maximum atomic E-state index is 13.6. The van der Waals surface area contributed by atoms with Crippen molar-refractivity contribution in [3.8, 4) is 0 Å². The Kier molecular flexibility index (Phi) is 15.6. The molecule has 2 saturated heterocycles. The number of hydrogen-bond acceptors (Lipinski definition) is 17. The number of piperazine rings is 1. The Morgan fingerprint density at radius 3 is 2.18 bits per heavy atom. The van der Waals surface area contributed by atoms with Crippen LogP contribution in [0.25, 0.3) is 11.0 Å². The van der Waals surface area contributed by atoms with Gasteiger partial charge < -0.3 is 34.5 Å². The maximum Gasteiger partial charge on any atom is 0.264 e. The standard InChI is InChI=1S/C47H58N10O10/c1-30-35-29-50-47(53-42(35)56(32-6-3-4-7-32)45(62)40(30)31(2)58)51-38-12-10-33(28-49-38)55-17-15-54(16-18-55)19-21-65-23-25-67-27-26-66-24-22-64-20-14-48-36-9-5-8-34-41(36)46(63)57(44(34)61)37-11-13-39(59)52-43(37)60/h5,8-10,12,28-29,32,37,48H,3-4,6-7,11,13-27H2,1-2H3,(H,52,59,60)(H,49,50,51,53). The highest BCUT2D eigenvalue weighted by Crippen LogP contribution is 2.34. The monoisotopic (exact) mass is 922 g/mol. The highest BCUT2D eigenvalue weighted by atomic mass is 16.6. The SMILES string of the molecule is CC(=O)c1c(C)c2cnc(Nc3ccc(N4CCN(CCOCCOCCOCCOCCNc5cccc6c5C(=O)N(C5CCC(=O)NC5=O)C6=O)CC4)cn3)nc2n(C2CCCC2)c1=O. The van der Waals surface area contributed by atoms with Crippen LogP contribution in [0.4, 0.5) is 23.1 Å². The Hall–Kier alpha value is -6.19. The van der Waals surface area contributed by atoms with Gasteiger partial charge in [0.05, 0.1) is 81.4 Å². The molecule has 1 unspecified atom stereocenters. The van der Waals surface area contributed by atoms with Gasteiger partial charge >= 0.3 is 0 Å². The number of rotatable bonds is 22. The van der Waals surface area contributed by atoms with Crippen LogP contribution in [0, 0.1) is 6.92 Å². The third kappa shape index (κ3) is 11.0. The topological polar surface area (TPSA) is 229 Å². The number of ketones is 1. The van der Waals surface area contributed by atoms with Crippen molar-refractivity contribution in [1.29, 1.82) is 0 Å². The molecular weight excluding hydrogens is 865 g/mol. The molecule has 1 atom stereocenters. The van der Waals surface area contributed by atoms with Gasteiger partial charge in [0.1, 0.15) is 17.5 Å². The minimum Gasteiger partial charge on any atom is -0.382 e. The van der Waals surface area contributed by atoms with Gasteiger partial charge in [0, 0.05) is 69.0 Å². The summed E-state index contributed by atoms with van der Waals surface area (Å²) >= 11 is 0. The highest BCUT2D eigenvalue weighted by Gasteiger charge is 2.45. The number of anilines is 4. The van der Waals surface area contributed by atoms with E-state index >= 15 is 0 Å². The number of Topliss-reactive ketones (excluding diaryl/α,β-unsaturated/α-hetero) is 1. The first-order valence-electron chi connectivity index (χ1n) is 23.1. The summed E-state index contributed by atoms with van der Waals surface area (Å²) in [5.41, 5.74) is 3.01. The van der Waals surface area contributed by atoms with Crippen LogP contribution in [0.5, 0.6) is 0 Å². The van der Waals surface area contributed by atoms with Crippen LogP contribution in [-0.2, 0) is 28.5 Å². The number of amides is 4. The number of carbonyl (C=O) groups excluding carboxylic acids is 5. The van der Waals surface area contributed by atoms with Gasteiger partial charge in [0.2, 0.25) is 17.8 Å². The second-order valence-electron chi connectivity index (χ2n) is 17.0. The largest absolute Gasteiger partial charge is 0.382 e. The highest BCUT2D eigenvalue weighted by molar-refractivity contribution is 6.25. The molecule has 4 amide bonds. The van der Waals surface area contributed by atoms with Gasteiger partial charge in [-0.1, -0.05) is 18.9 Å². The van der Waals surface area contributed by atoms with E-state index in [1.54, 1.807) is 35.9 Å². The quantitative estimate of drug-likeness (QED) is 0.0584. The molecule has 20 nitrogen and oxygen atoms in total. The molecule has 6 heterocycles. The molecule has 0 spiro atoms. The third-order valence-corrected chi connectivity index (χ3v) is 12.7. The van der Waals surface area contributed by atoms with Crippen LogP contribution in [0.3, 0.4) is 0 Å². The predicted octanol–water partition coefficient (Wildman–Crippen LogP) is 3.26. The van der Waals surface area contributed by atoms with E-state index in [4.69, 9.17) is 23.9 Å². The number of hydrogen-bond donors (Lipinski definition) is 3. The molecule has 3 fully saturated rings. The van der Waals surface area contributed by atoms with Gasteiger partial charge in [0.25, 0.3) is 17.4 Å².